The Balaban J connectivity index is 1.89. The van der Waals surface area contributed by atoms with Gasteiger partial charge in [-0.1, -0.05) is 6.07 Å². The summed E-state index contributed by atoms with van der Waals surface area (Å²) in [6, 6.07) is 4.88. The van der Waals surface area contributed by atoms with E-state index < -0.39 is 17.7 Å². The lowest BCUT2D eigenvalue weighted by atomic mass is 10.1. The Hall–Kier alpha value is -2.08. The summed E-state index contributed by atoms with van der Waals surface area (Å²) in [7, 11) is 0. The van der Waals surface area contributed by atoms with Gasteiger partial charge in [0.05, 0.1) is 6.04 Å². The number of aryl methyl sites for hydroxylation is 2. The molecule has 1 aromatic heterocycles. The molecule has 1 aromatic carbocycles. The number of hydrogen-bond acceptors (Lipinski definition) is 3. The van der Waals surface area contributed by atoms with Crippen LogP contribution in [-0.2, 0) is 4.79 Å². The average Bonchev–Trinajstić information content (AvgIpc) is 2.86. The van der Waals surface area contributed by atoms with Crippen molar-refractivity contribution in [3.8, 4) is 0 Å². The summed E-state index contributed by atoms with van der Waals surface area (Å²) in [5.41, 5.74) is 1.14. The topological polar surface area (TPSA) is 46.2 Å². The van der Waals surface area contributed by atoms with E-state index in [1.165, 1.54) is 6.07 Å². The zero-order valence-electron chi connectivity index (χ0n) is 13.8. The van der Waals surface area contributed by atoms with E-state index in [9.17, 15) is 18.4 Å². The zero-order valence-corrected chi connectivity index (χ0v) is 14.6. The van der Waals surface area contributed by atoms with E-state index in [4.69, 9.17) is 0 Å². The molecule has 0 bridgehead atoms. The Morgan fingerprint density at radius 3 is 2.42 bits per heavy atom. The highest BCUT2D eigenvalue weighted by molar-refractivity contribution is 7.12. The SMILES string of the molecule is Cc1cc(C(=O)CCC(=O)NC(C)c2ccc(F)c(F)c2)c(C)s1. The maximum absolute atomic E-state index is 13.2. The molecule has 1 N–H and O–H groups in total. The molecule has 0 saturated carbocycles. The van der Waals surface area contributed by atoms with Crippen molar-refractivity contribution < 1.29 is 18.4 Å². The Kier molecular flexibility index (Phi) is 5.83. The second-order valence-corrected chi connectivity index (χ2v) is 7.17. The molecule has 0 aliphatic heterocycles. The molecule has 1 unspecified atom stereocenters. The zero-order chi connectivity index (χ0) is 17.9. The van der Waals surface area contributed by atoms with Gasteiger partial charge in [0, 0.05) is 28.2 Å². The van der Waals surface area contributed by atoms with Crippen molar-refractivity contribution in [3.05, 3.63) is 56.8 Å². The van der Waals surface area contributed by atoms with Gasteiger partial charge >= 0.3 is 0 Å². The van der Waals surface area contributed by atoms with Crippen LogP contribution in [0, 0.1) is 25.5 Å². The molecule has 0 saturated heterocycles. The van der Waals surface area contributed by atoms with Crippen LogP contribution in [0.2, 0.25) is 0 Å². The van der Waals surface area contributed by atoms with Gasteiger partial charge in [-0.25, -0.2) is 8.78 Å². The highest BCUT2D eigenvalue weighted by Gasteiger charge is 2.16. The van der Waals surface area contributed by atoms with E-state index in [1.807, 2.05) is 19.9 Å². The van der Waals surface area contributed by atoms with Gasteiger partial charge in [-0.15, -0.1) is 11.3 Å². The molecule has 0 spiro atoms. The second-order valence-electron chi connectivity index (χ2n) is 5.71. The number of ketones is 1. The van der Waals surface area contributed by atoms with Crippen molar-refractivity contribution in [1.82, 2.24) is 5.32 Å². The molecule has 1 amide bonds. The van der Waals surface area contributed by atoms with Crippen molar-refractivity contribution in [2.45, 2.75) is 39.7 Å². The van der Waals surface area contributed by atoms with Gasteiger partial charge in [0.15, 0.2) is 17.4 Å². The first kappa shape index (κ1) is 18.3. The Labute approximate surface area is 143 Å². The number of halogens is 2. The number of carbonyl (C=O) groups excluding carboxylic acids is 2. The number of Topliss-reactive ketones (excluding diaryl/α,β-unsaturated/α-hetero) is 1. The molecule has 0 radical (unpaired) electrons. The standard InChI is InChI=1S/C18H19F2NO2S/c1-10-8-14(12(3)24-10)17(22)6-7-18(23)21-11(2)13-4-5-15(19)16(20)9-13/h4-5,8-9,11H,6-7H2,1-3H3,(H,21,23). The van der Waals surface area contributed by atoms with E-state index in [0.717, 1.165) is 21.9 Å². The number of amides is 1. The van der Waals surface area contributed by atoms with Gasteiger partial charge in [0.2, 0.25) is 5.91 Å². The third kappa shape index (κ3) is 4.47. The minimum absolute atomic E-state index is 0.0567. The minimum Gasteiger partial charge on any atom is -0.350 e. The molecular formula is C18H19F2NO2S. The van der Waals surface area contributed by atoms with E-state index in [0.29, 0.717) is 11.1 Å². The van der Waals surface area contributed by atoms with Gasteiger partial charge in [-0.2, -0.15) is 0 Å². The molecule has 6 heteroatoms. The lowest BCUT2D eigenvalue weighted by Crippen LogP contribution is -2.27. The van der Waals surface area contributed by atoms with Crippen LogP contribution in [0.25, 0.3) is 0 Å². The fraction of sp³-hybridized carbons (Fsp3) is 0.333. The Morgan fingerprint density at radius 2 is 1.83 bits per heavy atom. The molecule has 2 rings (SSSR count). The molecule has 128 valence electrons. The summed E-state index contributed by atoms with van der Waals surface area (Å²) < 4.78 is 26.2. The van der Waals surface area contributed by atoms with Crippen LogP contribution in [0.15, 0.2) is 24.3 Å². The fourth-order valence-corrected chi connectivity index (χ4v) is 3.39. The second kappa shape index (κ2) is 7.66. The maximum atomic E-state index is 13.2. The summed E-state index contributed by atoms with van der Waals surface area (Å²) >= 11 is 1.55. The number of nitrogens with one attached hydrogen (secondary N) is 1. The summed E-state index contributed by atoms with van der Waals surface area (Å²) in [5, 5.41) is 2.69. The molecule has 24 heavy (non-hydrogen) atoms. The lowest BCUT2D eigenvalue weighted by Gasteiger charge is -2.14. The van der Waals surface area contributed by atoms with Gasteiger partial charge in [-0.05, 0) is 44.5 Å². The quantitative estimate of drug-likeness (QED) is 0.780. The number of hydrogen-bond donors (Lipinski definition) is 1. The Morgan fingerprint density at radius 1 is 1.12 bits per heavy atom. The van der Waals surface area contributed by atoms with Crippen LogP contribution in [0.1, 0.15) is 51.5 Å². The van der Waals surface area contributed by atoms with E-state index in [-0.39, 0.29) is 24.5 Å². The minimum atomic E-state index is -0.952. The predicted molar refractivity (Wildman–Crippen MR) is 90.3 cm³/mol. The van der Waals surface area contributed by atoms with E-state index in [2.05, 4.69) is 5.32 Å². The van der Waals surface area contributed by atoms with Crippen LogP contribution in [0.3, 0.4) is 0 Å². The smallest absolute Gasteiger partial charge is 0.220 e. The largest absolute Gasteiger partial charge is 0.350 e. The number of thiophene rings is 1. The molecule has 3 nitrogen and oxygen atoms in total. The molecule has 1 atom stereocenters. The molecule has 0 fully saturated rings. The molecule has 2 aromatic rings. The number of benzene rings is 1. The first-order valence-electron chi connectivity index (χ1n) is 7.62. The van der Waals surface area contributed by atoms with Crippen LogP contribution in [-0.4, -0.2) is 11.7 Å². The normalized spacial score (nSPS) is 12.0. The fourth-order valence-electron chi connectivity index (χ4n) is 2.45. The van der Waals surface area contributed by atoms with Crippen molar-refractivity contribution in [1.29, 1.82) is 0 Å². The van der Waals surface area contributed by atoms with Crippen LogP contribution < -0.4 is 5.32 Å². The van der Waals surface area contributed by atoms with Crippen molar-refractivity contribution >= 4 is 23.0 Å². The lowest BCUT2D eigenvalue weighted by molar-refractivity contribution is -0.121. The predicted octanol–water partition coefficient (Wildman–Crippen LogP) is 4.48. The number of carbonyl (C=O) groups is 2. The summed E-state index contributed by atoms with van der Waals surface area (Å²) in [5.74, 6) is -2.24. The Bertz CT molecular complexity index is 770. The molecule has 1 heterocycles. The van der Waals surface area contributed by atoms with Crippen LogP contribution in [0.4, 0.5) is 8.78 Å². The summed E-state index contributed by atoms with van der Waals surface area (Å²) in [4.78, 5) is 26.1. The van der Waals surface area contributed by atoms with Gasteiger partial charge in [-0.3, -0.25) is 9.59 Å². The van der Waals surface area contributed by atoms with Crippen LogP contribution in [0.5, 0.6) is 0 Å². The monoisotopic (exact) mass is 351 g/mol. The third-order valence-electron chi connectivity index (χ3n) is 3.74. The average molecular weight is 351 g/mol. The summed E-state index contributed by atoms with van der Waals surface area (Å²) in [6.07, 6.45) is 0.175. The van der Waals surface area contributed by atoms with Crippen molar-refractivity contribution in [2.75, 3.05) is 0 Å². The molecular weight excluding hydrogens is 332 g/mol. The first-order chi connectivity index (χ1) is 11.3. The summed E-state index contributed by atoms with van der Waals surface area (Å²) in [6.45, 7) is 5.50. The highest BCUT2D eigenvalue weighted by Crippen LogP contribution is 2.22. The van der Waals surface area contributed by atoms with Gasteiger partial charge in [0.1, 0.15) is 0 Å². The molecule has 0 aliphatic rings. The van der Waals surface area contributed by atoms with Crippen molar-refractivity contribution in [3.63, 3.8) is 0 Å². The van der Waals surface area contributed by atoms with E-state index in [1.54, 1.807) is 18.3 Å². The molecule has 0 aliphatic carbocycles. The number of rotatable bonds is 6. The van der Waals surface area contributed by atoms with Gasteiger partial charge in [0.25, 0.3) is 0 Å². The third-order valence-corrected chi connectivity index (χ3v) is 4.71. The first-order valence-corrected chi connectivity index (χ1v) is 8.44. The highest BCUT2D eigenvalue weighted by atomic mass is 32.1. The van der Waals surface area contributed by atoms with E-state index >= 15 is 0 Å². The van der Waals surface area contributed by atoms with Gasteiger partial charge < -0.3 is 5.32 Å². The van der Waals surface area contributed by atoms with Crippen molar-refractivity contribution in [2.24, 2.45) is 0 Å². The maximum Gasteiger partial charge on any atom is 0.220 e. The van der Waals surface area contributed by atoms with Crippen LogP contribution >= 0.6 is 11.3 Å².